The topological polar surface area (TPSA) is 134 Å². The highest BCUT2D eigenvalue weighted by molar-refractivity contribution is 6.04. The van der Waals surface area contributed by atoms with Crippen LogP contribution in [-0.2, 0) is 23.6 Å². The number of hydrogen-bond donors (Lipinski definition) is 2. The summed E-state index contributed by atoms with van der Waals surface area (Å²) in [6.07, 6.45) is -0.654. The molecule has 3 aromatic rings. The molecule has 0 saturated heterocycles. The molecule has 0 aliphatic heterocycles. The summed E-state index contributed by atoms with van der Waals surface area (Å²) in [5.74, 6) is -0.546. The summed E-state index contributed by atoms with van der Waals surface area (Å²) < 4.78 is 11.9. The van der Waals surface area contributed by atoms with Crippen LogP contribution in [-0.4, -0.2) is 46.4 Å². The Bertz CT molecular complexity index is 1260. The first-order valence-electron chi connectivity index (χ1n) is 9.22. The van der Waals surface area contributed by atoms with Gasteiger partial charge in [-0.1, -0.05) is 6.07 Å². The van der Waals surface area contributed by atoms with E-state index in [9.17, 15) is 19.2 Å². The first-order chi connectivity index (χ1) is 14.8. The Kier molecular flexibility index (Phi) is 6.46. The van der Waals surface area contributed by atoms with Crippen molar-refractivity contribution >= 4 is 34.4 Å². The number of pyridine rings is 1. The molecule has 11 nitrogen and oxygen atoms in total. The van der Waals surface area contributed by atoms with Gasteiger partial charge in [-0.2, -0.15) is 0 Å². The minimum atomic E-state index is -0.654. The molecule has 1 aromatic carbocycles. The molecule has 0 aliphatic rings. The smallest absolute Gasteiger partial charge is 0.411 e. The predicted octanol–water partition coefficient (Wildman–Crippen LogP) is 1.08. The molecule has 2 aromatic heterocycles. The van der Waals surface area contributed by atoms with E-state index in [2.05, 4.69) is 15.6 Å². The lowest BCUT2D eigenvalue weighted by Gasteiger charge is -2.10. The molecule has 2 amide bonds. The third-order valence-corrected chi connectivity index (χ3v) is 4.42. The van der Waals surface area contributed by atoms with Crippen molar-refractivity contribution < 1.29 is 19.1 Å². The molecule has 0 fully saturated rings. The molecule has 2 heterocycles. The lowest BCUT2D eigenvalue weighted by atomic mass is 10.2. The normalized spacial score (nSPS) is 10.7. The number of ether oxygens (including phenoxy) is 2. The van der Waals surface area contributed by atoms with Crippen LogP contribution in [0.5, 0.6) is 0 Å². The highest BCUT2D eigenvalue weighted by Gasteiger charge is 2.14. The number of carbonyl (C=O) groups excluding carboxylic acids is 2. The molecule has 2 N–H and O–H groups in total. The lowest BCUT2D eigenvalue weighted by Crippen LogP contribution is -2.37. The van der Waals surface area contributed by atoms with Gasteiger partial charge < -0.3 is 14.8 Å². The van der Waals surface area contributed by atoms with Gasteiger partial charge in [0, 0.05) is 32.6 Å². The van der Waals surface area contributed by atoms with Crippen LogP contribution in [0.25, 0.3) is 11.0 Å². The number of anilines is 2. The molecule has 0 saturated carbocycles. The van der Waals surface area contributed by atoms with E-state index in [0.717, 1.165) is 4.57 Å². The number of rotatable bonds is 6. The zero-order chi connectivity index (χ0) is 22.5. The van der Waals surface area contributed by atoms with E-state index >= 15 is 0 Å². The maximum absolute atomic E-state index is 12.6. The maximum atomic E-state index is 12.6. The number of nitrogens with zero attached hydrogens (tertiary/aromatic N) is 3. The Labute approximate surface area is 176 Å². The van der Waals surface area contributed by atoms with Gasteiger partial charge in [0.1, 0.15) is 17.9 Å². The SMILES string of the molecule is COCCOC(=O)Nc1cccc(NC(=O)c2ccc3c(=O)n(C)c(=O)n(C)c3n2)c1. The van der Waals surface area contributed by atoms with Gasteiger partial charge in [0.15, 0.2) is 0 Å². The number of amides is 2. The second kappa shape index (κ2) is 9.22. The molecule has 11 heteroatoms. The van der Waals surface area contributed by atoms with Gasteiger partial charge in [0.2, 0.25) is 0 Å². The molecule has 0 unspecified atom stereocenters. The van der Waals surface area contributed by atoms with Crippen LogP contribution in [0.2, 0.25) is 0 Å². The van der Waals surface area contributed by atoms with Crippen molar-refractivity contribution in [2.75, 3.05) is 31.0 Å². The zero-order valence-corrected chi connectivity index (χ0v) is 17.2. The number of benzene rings is 1. The zero-order valence-electron chi connectivity index (χ0n) is 17.2. The number of methoxy groups -OCH3 is 1. The van der Waals surface area contributed by atoms with Gasteiger partial charge in [-0.25, -0.2) is 14.6 Å². The second-order valence-electron chi connectivity index (χ2n) is 6.56. The number of aryl methyl sites for hydroxylation is 1. The number of hydrogen-bond acceptors (Lipinski definition) is 7. The van der Waals surface area contributed by atoms with Crippen LogP contribution in [0, 0.1) is 0 Å². The summed E-state index contributed by atoms with van der Waals surface area (Å²) in [4.78, 5) is 52.9. The molecule has 0 aliphatic carbocycles. The Morgan fingerprint density at radius 2 is 1.71 bits per heavy atom. The van der Waals surface area contributed by atoms with Gasteiger partial charge in [0.25, 0.3) is 11.5 Å². The summed E-state index contributed by atoms with van der Waals surface area (Å²) in [6, 6.07) is 9.30. The fraction of sp³-hybridized carbons (Fsp3) is 0.250. The van der Waals surface area contributed by atoms with E-state index in [-0.39, 0.29) is 29.9 Å². The van der Waals surface area contributed by atoms with Crippen molar-refractivity contribution in [2.24, 2.45) is 14.1 Å². The predicted molar refractivity (Wildman–Crippen MR) is 113 cm³/mol. The molecule has 3 rings (SSSR count). The van der Waals surface area contributed by atoms with Crippen molar-refractivity contribution in [1.82, 2.24) is 14.1 Å². The molecule has 0 radical (unpaired) electrons. The molecular formula is C20H21N5O6. The monoisotopic (exact) mass is 427 g/mol. The van der Waals surface area contributed by atoms with Crippen molar-refractivity contribution in [3.63, 3.8) is 0 Å². The standard InChI is InChI=1S/C20H21N5O6/c1-24-16-14(18(27)25(2)20(24)29)7-8-15(23-16)17(26)21-12-5-4-6-13(11-12)22-19(28)31-10-9-30-3/h4-8,11H,9-10H2,1-3H3,(H,21,26)(H,22,28). The Morgan fingerprint density at radius 3 is 2.42 bits per heavy atom. The largest absolute Gasteiger partial charge is 0.447 e. The molecular weight excluding hydrogens is 406 g/mol. The molecule has 0 atom stereocenters. The van der Waals surface area contributed by atoms with Crippen molar-refractivity contribution in [3.05, 3.63) is 62.9 Å². The Morgan fingerprint density at radius 1 is 1.00 bits per heavy atom. The van der Waals surface area contributed by atoms with Crippen LogP contribution in [0.3, 0.4) is 0 Å². The summed E-state index contributed by atoms with van der Waals surface area (Å²) >= 11 is 0. The number of carbonyl (C=O) groups is 2. The van der Waals surface area contributed by atoms with E-state index in [0.29, 0.717) is 11.4 Å². The first-order valence-corrected chi connectivity index (χ1v) is 9.22. The minimum Gasteiger partial charge on any atom is -0.447 e. The van der Waals surface area contributed by atoms with Crippen molar-refractivity contribution in [3.8, 4) is 0 Å². The first kappa shape index (κ1) is 21.7. The average Bonchev–Trinajstić information content (AvgIpc) is 2.76. The van der Waals surface area contributed by atoms with E-state index in [1.807, 2.05) is 0 Å². The lowest BCUT2D eigenvalue weighted by molar-refractivity contribution is 0.102. The fourth-order valence-corrected chi connectivity index (χ4v) is 2.82. The fourth-order valence-electron chi connectivity index (χ4n) is 2.82. The summed E-state index contributed by atoms with van der Waals surface area (Å²) in [5, 5.41) is 5.43. The molecule has 162 valence electrons. The highest BCUT2D eigenvalue weighted by atomic mass is 16.6. The third-order valence-electron chi connectivity index (χ3n) is 4.42. The van der Waals surface area contributed by atoms with Gasteiger partial charge >= 0.3 is 11.8 Å². The quantitative estimate of drug-likeness (QED) is 0.562. The van der Waals surface area contributed by atoms with Crippen LogP contribution in [0.15, 0.2) is 46.0 Å². The van der Waals surface area contributed by atoms with Gasteiger partial charge in [-0.3, -0.25) is 24.0 Å². The molecule has 31 heavy (non-hydrogen) atoms. The van der Waals surface area contributed by atoms with E-state index in [4.69, 9.17) is 9.47 Å². The van der Waals surface area contributed by atoms with Gasteiger partial charge in [0.05, 0.1) is 12.0 Å². The number of nitrogens with one attached hydrogen (secondary N) is 2. The van der Waals surface area contributed by atoms with Crippen molar-refractivity contribution in [2.45, 2.75) is 0 Å². The van der Waals surface area contributed by atoms with Crippen LogP contribution >= 0.6 is 0 Å². The summed E-state index contributed by atoms with van der Waals surface area (Å²) in [5.41, 5.74) is -0.0902. The third kappa shape index (κ3) is 4.78. The van der Waals surface area contributed by atoms with Crippen molar-refractivity contribution in [1.29, 1.82) is 0 Å². The van der Waals surface area contributed by atoms with Crippen LogP contribution in [0.1, 0.15) is 10.5 Å². The van der Waals surface area contributed by atoms with E-state index < -0.39 is 23.2 Å². The van der Waals surface area contributed by atoms with Gasteiger partial charge in [-0.05, 0) is 30.3 Å². The van der Waals surface area contributed by atoms with E-state index in [1.165, 1.54) is 37.9 Å². The van der Waals surface area contributed by atoms with E-state index in [1.54, 1.807) is 24.3 Å². The van der Waals surface area contributed by atoms with Crippen LogP contribution in [0.4, 0.5) is 16.2 Å². The molecule has 0 spiro atoms. The van der Waals surface area contributed by atoms with Crippen LogP contribution < -0.4 is 21.9 Å². The van der Waals surface area contributed by atoms with Gasteiger partial charge in [-0.15, -0.1) is 0 Å². The highest BCUT2D eigenvalue weighted by Crippen LogP contribution is 2.16. The Hall–Kier alpha value is -3.99. The number of fused-ring (bicyclic) bond motifs is 1. The maximum Gasteiger partial charge on any atom is 0.411 e. The number of aromatic nitrogens is 3. The Balaban J connectivity index is 1.79. The summed E-state index contributed by atoms with van der Waals surface area (Å²) in [7, 11) is 4.34. The summed E-state index contributed by atoms with van der Waals surface area (Å²) in [6.45, 7) is 0.387. The minimum absolute atomic E-state index is 0.0214. The molecule has 0 bridgehead atoms. The average molecular weight is 427 g/mol. The second-order valence-corrected chi connectivity index (χ2v) is 6.56.